The number of carbonyl (C=O) groups is 1. The van der Waals surface area contributed by atoms with Crippen molar-refractivity contribution in [1.29, 1.82) is 0 Å². The third kappa shape index (κ3) is 3.21. The van der Waals surface area contributed by atoms with E-state index >= 15 is 0 Å². The third-order valence-electron chi connectivity index (χ3n) is 5.27. The highest BCUT2D eigenvalue weighted by Gasteiger charge is 2.37. The second-order valence-corrected chi connectivity index (χ2v) is 7.53. The van der Waals surface area contributed by atoms with Gasteiger partial charge in [0.25, 0.3) is 5.91 Å². The van der Waals surface area contributed by atoms with Crippen LogP contribution in [0.25, 0.3) is 0 Å². The fraction of sp³-hybridized carbons (Fsp3) is 0.500. The van der Waals surface area contributed by atoms with Crippen LogP contribution in [0, 0.1) is 5.92 Å². The predicted octanol–water partition coefficient (Wildman–Crippen LogP) is 2.66. The van der Waals surface area contributed by atoms with Gasteiger partial charge in [0.2, 0.25) is 0 Å². The maximum absolute atomic E-state index is 12.6. The molecule has 2 aromatic rings. The summed E-state index contributed by atoms with van der Waals surface area (Å²) in [5.41, 5.74) is 1.38. The van der Waals surface area contributed by atoms with E-state index in [1.54, 1.807) is 6.20 Å². The van der Waals surface area contributed by atoms with Gasteiger partial charge in [0.15, 0.2) is 0 Å². The number of piperidine rings is 2. The molecule has 24 heavy (non-hydrogen) atoms. The van der Waals surface area contributed by atoms with E-state index < -0.39 is 0 Å². The van der Waals surface area contributed by atoms with Crippen LogP contribution < -0.4 is 0 Å². The Hall–Kier alpha value is -1.79. The van der Waals surface area contributed by atoms with Gasteiger partial charge in [-0.05, 0) is 48.8 Å². The summed E-state index contributed by atoms with van der Waals surface area (Å²) in [6, 6.07) is 11.3. The third-order valence-corrected chi connectivity index (χ3v) is 5.92. The fourth-order valence-electron chi connectivity index (χ4n) is 4.12. The number of benzene rings is 1. The van der Waals surface area contributed by atoms with Gasteiger partial charge in [0.1, 0.15) is 4.88 Å². The summed E-state index contributed by atoms with van der Waals surface area (Å²) in [5.74, 6) is 0.685. The van der Waals surface area contributed by atoms with Crippen LogP contribution in [-0.2, 0) is 6.54 Å². The molecule has 0 bridgehead atoms. The van der Waals surface area contributed by atoms with Crippen LogP contribution in [0.15, 0.2) is 36.5 Å². The number of rotatable bonds is 3. The van der Waals surface area contributed by atoms with Gasteiger partial charge in [-0.2, -0.15) is 0 Å². The highest BCUT2D eigenvalue weighted by atomic mass is 32.1. The van der Waals surface area contributed by atoms with Gasteiger partial charge < -0.3 is 4.90 Å². The Morgan fingerprint density at radius 1 is 1.21 bits per heavy atom. The Bertz CT molecular complexity index is 676. The zero-order valence-corrected chi connectivity index (χ0v) is 14.5. The summed E-state index contributed by atoms with van der Waals surface area (Å²) in [6.45, 7) is 3.90. The predicted molar refractivity (Wildman–Crippen MR) is 93.8 cm³/mol. The number of carbonyl (C=O) groups excluding carboxylic acids is 1. The molecule has 126 valence electrons. The molecule has 3 heterocycles. The Morgan fingerprint density at radius 2 is 2.08 bits per heavy atom. The van der Waals surface area contributed by atoms with Crippen LogP contribution in [-0.4, -0.2) is 51.0 Å². The Balaban J connectivity index is 1.42. The van der Waals surface area contributed by atoms with Crippen molar-refractivity contribution in [1.82, 2.24) is 19.4 Å². The maximum atomic E-state index is 12.6. The van der Waals surface area contributed by atoms with Crippen LogP contribution in [0.5, 0.6) is 0 Å². The van der Waals surface area contributed by atoms with Crippen molar-refractivity contribution in [3.63, 3.8) is 0 Å². The maximum Gasteiger partial charge on any atom is 0.267 e. The largest absolute Gasteiger partial charge is 0.337 e. The standard InChI is InChI=1S/C18H22N4OS/c23-18(17-11-19-20-24-17)22-10-8-16-15(13-22)7-4-9-21(16)12-14-5-2-1-3-6-14/h1-3,5-6,11,15-16H,4,7-10,12-13H2/t15-,16+/m1/s1. The lowest BCUT2D eigenvalue weighted by Crippen LogP contribution is -2.54. The summed E-state index contributed by atoms with van der Waals surface area (Å²) in [7, 11) is 0. The molecule has 0 radical (unpaired) electrons. The van der Waals surface area contributed by atoms with Crippen LogP contribution in [0.4, 0.5) is 0 Å². The first-order chi connectivity index (χ1) is 11.8. The van der Waals surface area contributed by atoms with Crippen molar-refractivity contribution in [2.45, 2.75) is 31.8 Å². The van der Waals surface area contributed by atoms with Crippen molar-refractivity contribution < 1.29 is 4.79 Å². The molecule has 6 heteroatoms. The van der Waals surface area contributed by atoms with Crippen LogP contribution in [0.3, 0.4) is 0 Å². The molecular weight excluding hydrogens is 320 g/mol. The minimum Gasteiger partial charge on any atom is -0.337 e. The number of nitrogens with zero attached hydrogens (tertiary/aromatic N) is 4. The zero-order valence-electron chi connectivity index (χ0n) is 13.7. The highest BCUT2D eigenvalue weighted by molar-refractivity contribution is 7.07. The number of aromatic nitrogens is 2. The second-order valence-electron chi connectivity index (χ2n) is 6.75. The smallest absolute Gasteiger partial charge is 0.267 e. The van der Waals surface area contributed by atoms with Crippen LogP contribution in [0.1, 0.15) is 34.5 Å². The van der Waals surface area contributed by atoms with Gasteiger partial charge in [0, 0.05) is 25.7 Å². The van der Waals surface area contributed by atoms with E-state index in [0.29, 0.717) is 16.8 Å². The van der Waals surface area contributed by atoms with Crippen molar-refractivity contribution in [2.75, 3.05) is 19.6 Å². The lowest BCUT2D eigenvalue weighted by atomic mass is 9.83. The number of hydrogen-bond acceptors (Lipinski definition) is 5. The molecule has 4 rings (SSSR count). The monoisotopic (exact) mass is 342 g/mol. The molecule has 1 amide bonds. The van der Waals surface area contributed by atoms with Gasteiger partial charge in [-0.3, -0.25) is 9.69 Å². The van der Waals surface area contributed by atoms with Crippen molar-refractivity contribution >= 4 is 17.4 Å². The SMILES string of the molecule is O=C(c1cnns1)N1CC[C@H]2[C@H](CCCN2Cc2ccccc2)C1. The number of hydrogen-bond donors (Lipinski definition) is 0. The molecular formula is C18H22N4OS. The topological polar surface area (TPSA) is 49.3 Å². The molecule has 2 saturated heterocycles. The van der Waals surface area contributed by atoms with Crippen LogP contribution >= 0.6 is 11.5 Å². The average molecular weight is 342 g/mol. The number of amides is 1. The first-order valence-electron chi connectivity index (χ1n) is 8.66. The summed E-state index contributed by atoms with van der Waals surface area (Å²) >= 11 is 1.19. The summed E-state index contributed by atoms with van der Waals surface area (Å²) in [5, 5.41) is 3.79. The first-order valence-corrected chi connectivity index (χ1v) is 9.43. The van der Waals surface area contributed by atoms with E-state index in [4.69, 9.17) is 0 Å². The van der Waals surface area contributed by atoms with Gasteiger partial charge in [0.05, 0.1) is 6.20 Å². The van der Waals surface area contributed by atoms with E-state index in [0.717, 1.165) is 26.1 Å². The molecule has 2 atom stereocenters. The van der Waals surface area contributed by atoms with E-state index in [-0.39, 0.29) is 5.91 Å². The van der Waals surface area contributed by atoms with Gasteiger partial charge in [-0.15, -0.1) is 5.10 Å². The number of fused-ring (bicyclic) bond motifs is 1. The van der Waals surface area contributed by atoms with E-state index in [1.165, 1.54) is 36.5 Å². The van der Waals surface area contributed by atoms with Crippen molar-refractivity contribution in [3.8, 4) is 0 Å². The molecule has 5 nitrogen and oxygen atoms in total. The molecule has 1 aromatic heterocycles. The molecule has 1 aromatic carbocycles. The minimum atomic E-state index is 0.101. The Morgan fingerprint density at radius 3 is 2.88 bits per heavy atom. The van der Waals surface area contributed by atoms with Crippen molar-refractivity contribution in [2.24, 2.45) is 5.92 Å². The van der Waals surface area contributed by atoms with Crippen molar-refractivity contribution in [3.05, 3.63) is 47.0 Å². The average Bonchev–Trinajstić information content (AvgIpc) is 3.16. The zero-order chi connectivity index (χ0) is 16.4. The Labute approximate surface area is 146 Å². The molecule has 0 unspecified atom stereocenters. The van der Waals surface area contributed by atoms with Gasteiger partial charge in [-0.1, -0.05) is 34.8 Å². The lowest BCUT2D eigenvalue weighted by Gasteiger charge is -2.47. The second kappa shape index (κ2) is 6.99. The van der Waals surface area contributed by atoms with Gasteiger partial charge in [-0.25, -0.2) is 0 Å². The molecule has 0 saturated carbocycles. The first kappa shape index (κ1) is 15.7. The van der Waals surface area contributed by atoms with E-state index in [1.807, 2.05) is 4.90 Å². The quantitative estimate of drug-likeness (QED) is 0.860. The summed E-state index contributed by atoms with van der Waals surface area (Å²) < 4.78 is 3.81. The van der Waals surface area contributed by atoms with Gasteiger partial charge >= 0.3 is 0 Å². The molecule has 0 aliphatic carbocycles. The highest BCUT2D eigenvalue weighted by Crippen LogP contribution is 2.32. The summed E-state index contributed by atoms with van der Waals surface area (Å²) in [6.07, 6.45) is 5.09. The minimum absolute atomic E-state index is 0.101. The lowest BCUT2D eigenvalue weighted by molar-refractivity contribution is 0.0177. The van der Waals surface area contributed by atoms with E-state index in [2.05, 4.69) is 44.8 Å². The van der Waals surface area contributed by atoms with Crippen LogP contribution in [0.2, 0.25) is 0 Å². The molecule has 2 aliphatic rings. The molecule has 0 spiro atoms. The number of likely N-dealkylation sites (tertiary alicyclic amines) is 2. The summed E-state index contributed by atoms with van der Waals surface area (Å²) in [4.78, 5) is 17.8. The molecule has 0 N–H and O–H groups in total. The van der Waals surface area contributed by atoms with E-state index in [9.17, 15) is 4.79 Å². The molecule has 2 fully saturated rings. The Kier molecular flexibility index (Phi) is 4.58. The molecule has 2 aliphatic heterocycles. The fourth-order valence-corrected chi connectivity index (χ4v) is 4.61. The normalized spacial score (nSPS) is 24.6.